The molecule has 0 aliphatic carbocycles. The molecular weight excluding hydrogens is 450 g/mol. The van der Waals surface area contributed by atoms with Crippen molar-refractivity contribution in [1.82, 2.24) is 8.61 Å². The van der Waals surface area contributed by atoms with Gasteiger partial charge >= 0.3 is 0 Å². The lowest BCUT2D eigenvalue weighted by atomic mass is 10.2. The first-order valence-electron chi connectivity index (χ1n) is 9.08. The highest BCUT2D eigenvalue weighted by Gasteiger charge is 2.26. The third-order valence-electron chi connectivity index (χ3n) is 4.39. The van der Waals surface area contributed by atoms with Crippen LogP contribution in [-0.2, 0) is 20.0 Å². The Kier molecular flexibility index (Phi) is 7.64. The number of benzene rings is 2. The van der Waals surface area contributed by atoms with Crippen LogP contribution in [0.4, 0.5) is 5.69 Å². The lowest BCUT2D eigenvalue weighted by Crippen LogP contribution is -2.31. The zero-order valence-corrected chi connectivity index (χ0v) is 19.5. The first-order chi connectivity index (χ1) is 13.9. The van der Waals surface area contributed by atoms with Crippen LogP contribution in [0.1, 0.15) is 24.2 Å². The normalized spacial score (nSPS) is 12.4. The summed E-state index contributed by atoms with van der Waals surface area (Å²) in [5.74, 6) is -0.595. The van der Waals surface area contributed by atoms with Gasteiger partial charge in [0.05, 0.1) is 9.92 Å². The van der Waals surface area contributed by atoms with Crippen molar-refractivity contribution in [3.8, 4) is 0 Å². The highest BCUT2D eigenvalue weighted by molar-refractivity contribution is 7.89. The van der Waals surface area contributed by atoms with Gasteiger partial charge in [0.2, 0.25) is 20.0 Å². The molecule has 2 aromatic rings. The monoisotopic (exact) mass is 473 g/mol. The molecule has 1 N–H and O–H groups in total. The van der Waals surface area contributed by atoms with E-state index in [2.05, 4.69) is 5.32 Å². The summed E-state index contributed by atoms with van der Waals surface area (Å²) in [4.78, 5) is 12.5. The smallest absolute Gasteiger partial charge is 0.255 e. The average Bonchev–Trinajstić information content (AvgIpc) is 2.68. The molecule has 2 aromatic carbocycles. The predicted molar refractivity (Wildman–Crippen MR) is 117 cm³/mol. The topological polar surface area (TPSA) is 104 Å². The Morgan fingerprint density at radius 3 is 2.17 bits per heavy atom. The number of hydrogen-bond acceptors (Lipinski definition) is 5. The quantitative estimate of drug-likeness (QED) is 0.634. The minimum absolute atomic E-state index is 0.0116. The van der Waals surface area contributed by atoms with Crippen LogP contribution >= 0.6 is 11.6 Å². The van der Waals surface area contributed by atoms with Gasteiger partial charge in [-0.05, 0) is 36.4 Å². The van der Waals surface area contributed by atoms with E-state index in [4.69, 9.17) is 11.6 Å². The van der Waals surface area contributed by atoms with E-state index in [1.165, 1.54) is 60.9 Å². The molecule has 164 valence electrons. The fraction of sp³-hybridized carbons (Fsp3) is 0.316. The van der Waals surface area contributed by atoms with Gasteiger partial charge < -0.3 is 5.32 Å². The highest BCUT2D eigenvalue weighted by atomic mass is 35.5. The summed E-state index contributed by atoms with van der Waals surface area (Å²) in [6.07, 6.45) is 0. The predicted octanol–water partition coefficient (Wildman–Crippen LogP) is 2.87. The van der Waals surface area contributed by atoms with E-state index in [-0.39, 0.29) is 39.2 Å². The summed E-state index contributed by atoms with van der Waals surface area (Å²) >= 11 is 6.10. The van der Waals surface area contributed by atoms with Crippen LogP contribution in [-0.4, -0.2) is 58.5 Å². The number of carbonyl (C=O) groups is 1. The van der Waals surface area contributed by atoms with Crippen molar-refractivity contribution >= 4 is 43.2 Å². The molecule has 0 aromatic heterocycles. The first kappa shape index (κ1) is 24.3. The minimum Gasteiger partial charge on any atom is -0.322 e. The summed E-state index contributed by atoms with van der Waals surface area (Å²) in [5.41, 5.74) is 0.331. The van der Waals surface area contributed by atoms with Crippen molar-refractivity contribution in [2.75, 3.05) is 32.5 Å². The molecule has 11 heteroatoms. The Hall–Kier alpha value is -1.98. The number of rotatable bonds is 8. The molecule has 0 aliphatic heterocycles. The maximum absolute atomic E-state index is 12.8. The number of sulfonamides is 2. The fourth-order valence-corrected chi connectivity index (χ4v) is 5.60. The zero-order chi connectivity index (χ0) is 22.7. The van der Waals surface area contributed by atoms with Crippen LogP contribution in [0.25, 0.3) is 0 Å². The summed E-state index contributed by atoms with van der Waals surface area (Å²) in [6, 6.07) is 9.75. The van der Waals surface area contributed by atoms with Gasteiger partial charge in [0, 0.05) is 38.4 Å². The fourth-order valence-electron chi connectivity index (χ4n) is 2.69. The lowest BCUT2D eigenvalue weighted by Gasteiger charge is -2.19. The number of nitrogens with one attached hydrogen (secondary N) is 1. The maximum atomic E-state index is 12.8. The van der Waals surface area contributed by atoms with Crippen LogP contribution in [0.15, 0.2) is 52.3 Å². The molecule has 30 heavy (non-hydrogen) atoms. The molecule has 0 saturated carbocycles. The lowest BCUT2D eigenvalue weighted by molar-refractivity contribution is 0.102. The molecule has 1 amide bonds. The van der Waals surface area contributed by atoms with Gasteiger partial charge in [0.25, 0.3) is 5.91 Å². The summed E-state index contributed by atoms with van der Waals surface area (Å²) < 4.78 is 52.5. The van der Waals surface area contributed by atoms with Crippen molar-refractivity contribution in [1.29, 1.82) is 0 Å². The third-order valence-corrected chi connectivity index (χ3v) is 8.73. The molecule has 2 rings (SSSR count). The SMILES string of the molecule is CCN(CC)S(=O)(=O)c1cc(C(=O)Nc2cccc(S(=O)(=O)N(C)C)c2)ccc1Cl. The molecule has 0 fully saturated rings. The van der Waals surface area contributed by atoms with E-state index in [0.29, 0.717) is 0 Å². The molecule has 0 atom stereocenters. The Morgan fingerprint density at radius 1 is 0.967 bits per heavy atom. The van der Waals surface area contributed by atoms with Gasteiger partial charge in [0.15, 0.2) is 0 Å². The van der Waals surface area contributed by atoms with Crippen molar-refractivity contribution in [3.63, 3.8) is 0 Å². The minimum atomic E-state index is -3.86. The Bertz CT molecular complexity index is 1140. The molecule has 0 heterocycles. The number of hydrogen-bond donors (Lipinski definition) is 1. The van der Waals surface area contributed by atoms with E-state index in [9.17, 15) is 21.6 Å². The molecule has 8 nitrogen and oxygen atoms in total. The summed E-state index contributed by atoms with van der Waals surface area (Å²) in [6.45, 7) is 3.94. The molecule has 0 aliphatic rings. The number of amides is 1. The van der Waals surface area contributed by atoms with Gasteiger partial charge in [-0.2, -0.15) is 4.31 Å². The van der Waals surface area contributed by atoms with Gasteiger partial charge in [-0.15, -0.1) is 0 Å². The van der Waals surface area contributed by atoms with Crippen LogP contribution in [0.2, 0.25) is 5.02 Å². The van der Waals surface area contributed by atoms with Gasteiger partial charge in [0.1, 0.15) is 4.90 Å². The second-order valence-corrected chi connectivity index (χ2v) is 11.0. The van der Waals surface area contributed by atoms with Gasteiger partial charge in [-0.25, -0.2) is 21.1 Å². The van der Waals surface area contributed by atoms with Crippen molar-refractivity contribution < 1.29 is 21.6 Å². The Balaban J connectivity index is 2.38. The number of halogens is 1. The van der Waals surface area contributed by atoms with E-state index in [1.54, 1.807) is 13.8 Å². The second kappa shape index (κ2) is 9.44. The van der Waals surface area contributed by atoms with E-state index in [1.807, 2.05) is 0 Å². The van der Waals surface area contributed by atoms with Crippen molar-refractivity contribution in [3.05, 3.63) is 53.1 Å². The first-order valence-corrected chi connectivity index (χ1v) is 12.3. The molecule has 0 unspecified atom stereocenters. The summed E-state index contributed by atoms with van der Waals surface area (Å²) in [5, 5.41) is 2.60. The third kappa shape index (κ3) is 5.01. The standard InChI is InChI=1S/C19H24ClN3O5S2/c1-5-23(6-2)30(27,28)18-12-14(10-11-17(18)20)19(24)21-15-8-7-9-16(13-15)29(25,26)22(3)4/h7-13H,5-6H2,1-4H3,(H,21,24). The Labute approximate surface area is 182 Å². The Morgan fingerprint density at radius 2 is 1.60 bits per heavy atom. The van der Waals surface area contributed by atoms with Gasteiger partial charge in [-0.3, -0.25) is 4.79 Å². The van der Waals surface area contributed by atoms with E-state index < -0.39 is 26.0 Å². The zero-order valence-electron chi connectivity index (χ0n) is 17.1. The van der Waals surface area contributed by atoms with E-state index in [0.717, 1.165) is 4.31 Å². The van der Waals surface area contributed by atoms with Gasteiger partial charge in [-0.1, -0.05) is 31.5 Å². The molecule has 0 bridgehead atoms. The molecule has 0 spiro atoms. The van der Waals surface area contributed by atoms with Crippen LogP contribution in [0.3, 0.4) is 0 Å². The van der Waals surface area contributed by atoms with Crippen molar-refractivity contribution in [2.24, 2.45) is 0 Å². The van der Waals surface area contributed by atoms with Crippen LogP contribution in [0, 0.1) is 0 Å². The molecule has 0 radical (unpaired) electrons. The number of carbonyl (C=O) groups excluding carboxylic acids is 1. The van der Waals surface area contributed by atoms with Crippen LogP contribution < -0.4 is 5.32 Å². The number of nitrogens with zero attached hydrogens (tertiary/aromatic N) is 2. The summed E-state index contributed by atoms with van der Waals surface area (Å²) in [7, 11) is -4.71. The largest absolute Gasteiger partial charge is 0.322 e. The molecular formula is C19H24ClN3O5S2. The highest BCUT2D eigenvalue weighted by Crippen LogP contribution is 2.26. The van der Waals surface area contributed by atoms with Crippen molar-refractivity contribution in [2.45, 2.75) is 23.6 Å². The van der Waals surface area contributed by atoms with E-state index >= 15 is 0 Å². The number of anilines is 1. The average molecular weight is 474 g/mol. The van der Waals surface area contributed by atoms with Crippen LogP contribution in [0.5, 0.6) is 0 Å². The maximum Gasteiger partial charge on any atom is 0.255 e. The molecule has 0 saturated heterocycles. The second-order valence-electron chi connectivity index (χ2n) is 6.50.